The molecule has 242 valence electrons. The fourth-order valence-electron chi connectivity index (χ4n) is 4.92. The molecule has 0 radical (unpaired) electrons. The van der Waals surface area contributed by atoms with Gasteiger partial charge in [-0.1, -0.05) is 6.07 Å². The van der Waals surface area contributed by atoms with Crippen molar-refractivity contribution >= 4 is 34.8 Å². The summed E-state index contributed by atoms with van der Waals surface area (Å²) in [5.41, 5.74) is 2.16. The van der Waals surface area contributed by atoms with E-state index in [4.69, 9.17) is 9.47 Å². The van der Waals surface area contributed by atoms with Crippen molar-refractivity contribution in [3.63, 3.8) is 0 Å². The SMILES string of the molecule is CCOc1cc(C2=NN(C(=O)c3cccc(NC(=O)c4ccc(NC(=O)c5ccc(C(F)(F)F)cc5)cc4)c3)CCC2)ccc1OC. The number of amides is 3. The number of methoxy groups -OCH3 is 1. The minimum Gasteiger partial charge on any atom is -0.493 e. The molecule has 47 heavy (non-hydrogen) atoms. The molecule has 1 heterocycles. The maximum Gasteiger partial charge on any atom is 0.416 e. The maximum atomic E-state index is 13.4. The van der Waals surface area contributed by atoms with Crippen LogP contribution >= 0.6 is 0 Å². The van der Waals surface area contributed by atoms with Crippen LogP contribution in [0.15, 0.2) is 96.1 Å². The summed E-state index contributed by atoms with van der Waals surface area (Å²) in [5, 5.41) is 11.4. The van der Waals surface area contributed by atoms with Gasteiger partial charge in [0.25, 0.3) is 17.7 Å². The van der Waals surface area contributed by atoms with E-state index >= 15 is 0 Å². The lowest BCUT2D eigenvalue weighted by molar-refractivity contribution is -0.137. The highest BCUT2D eigenvalue weighted by atomic mass is 19.4. The zero-order chi connectivity index (χ0) is 33.6. The Morgan fingerprint density at radius 3 is 2.11 bits per heavy atom. The molecule has 4 aromatic carbocycles. The molecule has 0 saturated carbocycles. The Labute approximate surface area is 269 Å². The Morgan fingerprint density at radius 2 is 1.47 bits per heavy atom. The second-order valence-corrected chi connectivity index (χ2v) is 10.5. The Balaban J connectivity index is 1.22. The van der Waals surface area contributed by atoms with E-state index in [0.717, 1.165) is 42.0 Å². The van der Waals surface area contributed by atoms with E-state index in [2.05, 4.69) is 15.7 Å². The molecule has 2 N–H and O–H groups in total. The molecule has 0 aromatic heterocycles. The third kappa shape index (κ3) is 7.96. The van der Waals surface area contributed by atoms with Gasteiger partial charge in [-0.25, -0.2) is 5.01 Å². The number of hydrazone groups is 1. The summed E-state index contributed by atoms with van der Waals surface area (Å²) >= 11 is 0. The average molecular weight is 645 g/mol. The quantitative estimate of drug-likeness (QED) is 0.199. The second-order valence-electron chi connectivity index (χ2n) is 10.5. The van der Waals surface area contributed by atoms with Crippen LogP contribution in [-0.4, -0.2) is 48.7 Å². The number of halogens is 3. The van der Waals surface area contributed by atoms with Crippen molar-refractivity contribution < 1.29 is 37.0 Å². The third-order valence-corrected chi connectivity index (χ3v) is 7.30. The van der Waals surface area contributed by atoms with E-state index in [9.17, 15) is 27.6 Å². The molecule has 9 nitrogen and oxygen atoms in total. The summed E-state index contributed by atoms with van der Waals surface area (Å²) < 4.78 is 49.4. The van der Waals surface area contributed by atoms with E-state index < -0.39 is 23.6 Å². The fraction of sp³-hybridized carbons (Fsp3) is 0.200. The number of hydrogen-bond donors (Lipinski definition) is 2. The number of hydrogen-bond acceptors (Lipinski definition) is 6. The molecule has 12 heteroatoms. The van der Waals surface area contributed by atoms with Gasteiger partial charge in [-0.05, 0) is 105 Å². The van der Waals surface area contributed by atoms with Gasteiger partial charge in [0.1, 0.15) is 0 Å². The second kappa shape index (κ2) is 14.2. The van der Waals surface area contributed by atoms with Crippen LogP contribution in [0, 0.1) is 0 Å². The molecule has 0 aliphatic carbocycles. The highest BCUT2D eigenvalue weighted by Crippen LogP contribution is 2.31. The van der Waals surface area contributed by atoms with Crippen molar-refractivity contribution in [3.8, 4) is 11.5 Å². The van der Waals surface area contributed by atoms with E-state index in [-0.39, 0.29) is 17.0 Å². The normalized spacial score (nSPS) is 13.0. The Morgan fingerprint density at radius 1 is 0.809 bits per heavy atom. The van der Waals surface area contributed by atoms with Crippen molar-refractivity contribution in [2.75, 3.05) is 30.9 Å². The summed E-state index contributed by atoms with van der Waals surface area (Å²) in [4.78, 5) is 38.8. The topological polar surface area (TPSA) is 109 Å². The summed E-state index contributed by atoms with van der Waals surface area (Å²) in [5.74, 6) is -0.150. The van der Waals surface area contributed by atoms with Gasteiger partial charge in [0.15, 0.2) is 11.5 Å². The zero-order valence-corrected chi connectivity index (χ0v) is 25.6. The van der Waals surface area contributed by atoms with E-state index in [1.807, 2.05) is 25.1 Å². The first kappa shape index (κ1) is 32.7. The molecule has 0 bridgehead atoms. The lowest BCUT2D eigenvalue weighted by atomic mass is 10.0. The monoisotopic (exact) mass is 644 g/mol. The first-order chi connectivity index (χ1) is 22.5. The van der Waals surface area contributed by atoms with Crippen LogP contribution in [0.4, 0.5) is 24.5 Å². The summed E-state index contributed by atoms with van der Waals surface area (Å²) in [6.45, 7) is 2.80. The van der Waals surface area contributed by atoms with Crippen LogP contribution in [-0.2, 0) is 6.18 Å². The first-order valence-corrected chi connectivity index (χ1v) is 14.8. The van der Waals surface area contributed by atoms with Gasteiger partial charge in [-0.15, -0.1) is 0 Å². The van der Waals surface area contributed by atoms with Gasteiger partial charge in [0.05, 0.1) is 25.0 Å². The van der Waals surface area contributed by atoms with Gasteiger partial charge in [-0.2, -0.15) is 18.3 Å². The zero-order valence-electron chi connectivity index (χ0n) is 25.6. The summed E-state index contributed by atoms with van der Waals surface area (Å²) in [6.07, 6.45) is -3.09. The molecule has 1 aliphatic rings. The molecule has 4 aromatic rings. The Hall–Kier alpha value is -5.65. The van der Waals surface area contributed by atoms with Crippen molar-refractivity contribution in [3.05, 3.63) is 119 Å². The molecule has 3 amide bonds. The Bertz CT molecular complexity index is 1810. The molecule has 0 fully saturated rings. The van der Waals surface area contributed by atoms with Gasteiger partial charge in [-0.3, -0.25) is 14.4 Å². The molecule has 0 unspecified atom stereocenters. The first-order valence-electron chi connectivity index (χ1n) is 14.8. The minimum atomic E-state index is -4.50. The van der Waals surface area contributed by atoms with Crippen molar-refractivity contribution in [1.29, 1.82) is 0 Å². The largest absolute Gasteiger partial charge is 0.493 e. The van der Waals surface area contributed by atoms with Crippen LogP contribution in [0.2, 0.25) is 0 Å². The average Bonchev–Trinajstić information content (AvgIpc) is 3.08. The smallest absolute Gasteiger partial charge is 0.416 e. The van der Waals surface area contributed by atoms with Crippen molar-refractivity contribution in [1.82, 2.24) is 5.01 Å². The summed E-state index contributed by atoms with van der Waals surface area (Å²) in [7, 11) is 1.57. The number of alkyl halides is 3. The Kier molecular flexibility index (Phi) is 9.88. The molecular formula is C35H31F3N4O5. The number of nitrogens with zero attached hydrogens (tertiary/aromatic N) is 2. The van der Waals surface area contributed by atoms with Crippen LogP contribution < -0.4 is 20.1 Å². The van der Waals surface area contributed by atoms with Crippen molar-refractivity contribution in [2.24, 2.45) is 5.10 Å². The summed E-state index contributed by atoms with van der Waals surface area (Å²) in [6, 6.07) is 21.9. The van der Waals surface area contributed by atoms with Gasteiger partial charge < -0.3 is 20.1 Å². The molecular weight excluding hydrogens is 613 g/mol. The lowest BCUT2D eigenvalue weighted by Gasteiger charge is -2.24. The van der Waals surface area contributed by atoms with Crippen LogP contribution in [0.3, 0.4) is 0 Å². The number of ether oxygens (including phenoxy) is 2. The van der Waals surface area contributed by atoms with Gasteiger partial charge in [0, 0.05) is 40.2 Å². The highest BCUT2D eigenvalue weighted by Gasteiger charge is 2.30. The predicted octanol–water partition coefficient (Wildman–Crippen LogP) is 7.26. The number of benzene rings is 4. The van der Waals surface area contributed by atoms with E-state index in [0.29, 0.717) is 48.0 Å². The number of nitrogens with one attached hydrogen (secondary N) is 2. The standard InChI is InChI=1S/C35H31F3N4O5/c1-3-47-31-21-24(13-18-30(31)46-2)29-8-5-19-42(41-29)34(45)25-6-4-7-28(20-25)40-33(44)23-11-16-27(17-12-23)39-32(43)22-9-14-26(15-10-22)35(36,37)38/h4,6-7,9-18,20-21H,3,5,8,19H2,1-2H3,(H,39,43)(H,40,44). The highest BCUT2D eigenvalue weighted by molar-refractivity contribution is 6.07. The third-order valence-electron chi connectivity index (χ3n) is 7.30. The van der Waals surface area contributed by atoms with E-state index in [1.165, 1.54) is 29.3 Å². The van der Waals surface area contributed by atoms with Gasteiger partial charge >= 0.3 is 6.18 Å². The van der Waals surface area contributed by atoms with Gasteiger partial charge in [0.2, 0.25) is 0 Å². The predicted molar refractivity (Wildman–Crippen MR) is 171 cm³/mol. The molecule has 5 rings (SSSR count). The molecule has 0 atom stereocenters. The van der Waals surface area contributed by atoms with Crippen LogP contribution in [0.25, 0.3) is 0 Å². The molecule has 1 aliphatic heterocycles. The number of anilines is 2. The number of carbonyl (C=O) groups excluding carboxylic acids is 3. The number of carbonyl (C=O) groups is 3. The lowest BCUT2D eigenvalue weighted by Crippen LogP contribution is -2.32. The maximum absolute atomic E-state index is 13.4. The van der Waals surface area contributed by atoms with Crippen molar-refractivity contribution in [2.45, 2.75) is 25.9 Å². The molecule has 0 saturated heterocycles. The fourth-order valence-corrected chi connectivity index (χ4v) is 4.92. The van der Waals surface area contributed by atoms with E-state index in [1.54, 1.807) is 31.4 Å². The molecule has 0 spiro atoms. The van der Waals surface area contributed by atoms with Crippen LogP contribution in [0.1, 0.15) is 62.0 Å². The van der Waals surface area contributed by atoms with Crippen LogP contribution in [0.5, 0.6) is 11.5 Å². The number of rotatable bonds is 9. The minimum absolute atomic E-state index is 0.0529.